The third-order valence-electron chi connectivity index (χ3n) is 7.31. The number of quaternary nitrogens is 1. The van der Waals surface area contributed by atoms with Gasteiger partial charge in [0.15, 0.2) is 0 Å². The minimum absolute atomic E-state index is 0.0175. The Hall–Kier alpha value is -2.78. The van der Waals surface area contributed by atoms with Crippen LogP contribution in [0.1, 0.15) is 55.1 Å². The summed E-state index contributed by atoms with van der Waals surface area (Å²) in [7, 11) is 2.14. The summed E-state index contributed by atoms with van der Waals surface area (Å²) in [5.74, 6) is -0.463. The van der Waals surface area contributed by atoms with Gasteiger partial charge in [-0.25, -0.2) is 4.79 Å². The number of amides is 1. The van der Waals surface area contributed by atoms with Crippen molar-refractivity contribution in [1.29, 1.82) is 0 Å². The molecule has 4 rings (SSSR count). The summed E-state index contributed by atoms with van der Waals surface area (Å²) in [6.07, 6.45) is 5.40. The molecule has 1 saturated heterocycles. The molecule has 2 N–H and O–H groups in total. The normalized spacial score (nSPS) is 25.0. The average molecular weight is 487 g/mol. The highest BCUT2D eigenvalue weighted by atomic mass is 32.1. The molecule has 1 aromatic carbocycles. The summed E-state index contributed by atoms with van der Waals surface area (Å²) in [5.41, 5.74) is 1.16. The van der Waals surface area contributed by atoms with Crippen molar-refractivity contribution in [3.05, 3.63) is 45.3 Å². The molecule has 0 atom stereocenters. The Kier molecular flexibility index (Phi) is 7.33. The maximum Gasteiger partial charge on any atom is 0.348 e. The average Bonchev–Trinajstić information content (AvgIpc) is 3.26. The predicted molar refractivity (Wildman–Crippen MR) is 132 cm³/mol. The first-order valence-electron chi connectivity index (χ1n) is 12.0. The molecule has 2 aromatic rings. The van der Waals surface area contributed by atoms with Gasteiger partial charge in [0.2, 0.25) is 5.91 Å². The highest BCUT2D eigenvalue weighted by Crippen LogP contribution is 2.41. The number of rotatable bonds is 6. The van der Waals surface area contributed by atoms with E-state index in [1.54, 1.807) is 18.2 Å². The molecule has 0 spiro atoms. The molecule has 34 heavy (non-hydrogen) atoms. The molecule has 2 heterocycles. The van der Waals surface area contributed by atoms with Crippen LogP contribution in [0.5, 0.6) is 0 Å². The topological polar surface area (TPSA) is 105 Å². The third kappa shape index (κ3) is 5.15. The predicted octanol–water partition coefficient (Wildman–Crippen LogP) is 3.86. The quantitative estimate of drug-likeness (QED) is 0.477. The van der Waals surface area contributed by atoms with Gasteiger partial charge >= 0.3 is 5.97 Å². The SMILES string of the molecule is CC1CCC(C(=O)N(c2cc(-c3ccc([N+](=O)[O-])cc3)sc2C(=O)O)C2CC[NH+](C)CC2)CC1. The molecule has 1 saturated carbocycles. The smallest absolute Gasteiger partial charge is 0.348 e. The van der Waals surface area contributed by atoms with Crippen LogP contribution in [-0.4, -0.2) is 48.1 Å². The van der Waals surface area contributed by atoms with Gasteiger partial charge in [-0.2, -0.15) is 0 Å². The summed E-state index contributed by atoms with van der Waals surface area (Å²) in [5, 5.41) is 21.1. The van der Waals surface area contributed by atoms with E-state index in [1.807, 2.05) is 4.90 Å². The van der Waals surface area contributed by atoms with Gasteiger partial charge in [0.25, 0.3) is 5.69 Å². The van der Waals surface area contributed by atoms with Gasteiger partial charge in [-0.1, -0.05) is 6.92 Å². The van der Waals surface area contributed by atoms with Crippen molar-refractivity contribution in [2.45, 2.75) is 51.5 Å². The van der Waals surface area contributed by atoms with E-state index in [0.717, 1.165) is 63.0 Å². The standard InChI is InChI=1S/C25H31N3O5S/c1-16-3-5-18(6-4-16)24(29)27(19-11-13-26(2)14-12-19)21-15-22(34-23(21)25(30)31)17-7-9-20(10-8-17)28(32)33/h7-10,15-16,18-19H,3-6,11-14H2,1-2H3,(H,30,31)/p+1. The van der Waals surface area contributed by atoms with Crippen LogP contribution in [0.4, 0.5) is 11.4 Å². The van der Waals surface area contributed by atoms with E-state index in [4.69, 9.17) is 0 Å². The highest BCUT2D eigenvalue weighted by molar-refractivity contribution is 7.18. The second kappa shape index (κ2) is 10.2. The van der Waals surface area contributed by atoms with Gasteiger partial charge in [-0.15, -0.1) is 11.3 Å². The Morgan fingerprint density at radius 2 is 1.71 bits per heavy atom. The number of piperidine rings is 1. The summed E-state index contributed by atoms with van der Waals surface area (Å²) in [4.78, 5) is 40.8. The number of hydrogen-bond donors (Lipinski definition) is 2. The van der Waals surface area contributed by atoms with Crippen LogP contribution < -0.4 is 9.80 Å². The van der Waals surface area contributed by atoms with E-state index < -0.39 is 10.9 Å². The number of non-ortho nitro benzene ring substituents is 1. The number of carbonyl (C=O) groups is 2. The summed E-state index contributed by atoms with van der Waals surface area (Å²) in [6, 6.07) is 7.87. The molecule has 2 fully saturated rings. The monoisotopic (exact) mass is 486 g/mol. The number of thiophene rings is 1. The number of nitrogens with zero attached hydrogens (tertiary/aromatic N) is 2. The van der Waals surface area contributed by atoms with Crippen LogP contribution in [0.15, 0.2) is 30.3 Å². The lowest BCUT2D eigenvalue weighted by atomic mass is 9.82. The number of aromatic carboxylic acids is 1. The Morgan fingerprint density at radius 3 is 2.26 bits per heavy atom. The van der Waals surface area contributed by atoms with E-state index in [0.29, 0.717) is 22.0 Å². The first-order chi connectivity index (χ1) is 16.2. The van der Waals surface area contributed by atoms with Crippen LogP contribution in [0, 0.1) is 22.0 Å². The molecule has 0 unspecified atom stereocenters. The Balaban J connectivity index is 1.72. The second-order valence-electron chi connectivity index (χ2n) is 9.79. The molecule has 0 bridgehead atoms. The third-order valence-corrected chi connectivity index (χ3v) is 8.47. The van der Waals surface area contributed by atoms with E-state index in [9.17, 15) is 24.8 Å². The Labute approximate surface area is 203 Å². The fraction of sp³-hybridized carbons (Fsp3) is 0.520. The van der Waals surface area contributed by atoms with Gasteiger partial charge in [0.05, 0.1) is 30.7 Å². The van der Waals surface area contributed by atoms with Gasteiger partial charge < -0.3 is 14.9 Å². The summed E-state index contributed by atoms with van der Waals surface area (Å²) >= 11 is 1.12. The molecular weight excluding hydrogens is 454 g/mol. The molecule has 2 aliphatic rings. The zero-order valence-electron chi connectivity index (χ0n) is 19.7. The molecule has 8 nitrogen and oxygen atoms in total. The van der Waals surface area contributed by atoms with Crippen molar-refractivity contribution in [3.8, 4) is 10.4 Å². The van der Waals surface area contributed by atoms with Crippen molar-refractivity contribution in [1.82, 2.24) is 0 Å². The van der Waals surface area contributed by atoms with Crippen LogP contribution in [-0.2, 0) is 4.79 Å². The van der Waals surface area contributed by atoms with Crippen molar-refractivity contribution < 1.29 is 24.5 Å². The van der Waals surface area contributed by atoms with Crippen LogP contribution in [0.3, 0.4) is 0 Å². The summed E-state index contributed by atoms with van der Waals surface area (Å²) < 4.78 is 0. The maximum atomic E-state index is 13.9. The van der Waals surface area contributed by atoms with Crippen molar-refractivity contribution in [2.24, 2.45) is 11.8 Å². The Morgan fingerprint density at radius 1 is 1.09 bits per heavy atom. The van der Waals surface area contributed by atoms with Crippen LogP contribution >= 0.6 is 11.3 Å². The number of carboxylic acids is 1. The molecule has 0 radical (unpaired) electrons. The minimum atomic E-state index is -1.05. The molecule has 182 valence electrons. The molecule has 1 aromatic heterocycles. The Bertz CT molecular complexity index is 1050. The number of likely N-dealkylation sites (tertiary alicyclic amines) is 1. The first-order valence-corrected chi connectivity index (χ1v) is 12.8. The summed E-state index contributed by atoms with van der Waals surface area (Å²) in [6.45, 7) is 4.10. The molecule has 1 amide bonds. The van der Waals surface area contributed by atoms with Crippen molar-refractivity contribution >= 4 is 34.6 Å². The number of benzene rings is 1. The first kappa shape index (κ1) is 24.3. The van der Waals surface area contributed by atoms with Crippen molar-refractivity contribution in [3.63, 3.8) is 0 Å². The van der Waals surface area contributed by atoms with Gasteiger partial charge in [0, 0.05) is 41.8 Å². The van der Waals surface area contributed by atoms with Crippen LogP contribution in [0.25, 0.3) is 10.4 Å². The van der Waals surface area contributed by atoms with E-state index >= 15 is 0 Å². The number of nitro benzene ring substituents is 1. The molecule has 1 aliphatic carbocycles. The zero-order chi connectivity index (χ0) is 24.4. The second-order valence-corrected chi connectivity index (χ2v) is 10.8. The van der Waals surface area contributed by atoms with E-state index in [2.05, 4.69) is 14.0 Å². The maximum absolute atomic E-state index is 13.9. The number of hydrogen-bond acceptors (Lipinski definition) is 5. The number of nitrogens with one attached hydrogen (secondary N) is 1. The number of carboxylic acid groups (broad SMARTS) is 1. The number of nitro groups is 1. The minimum Gasteiger partial charge on any atom is -0.477 e. The molecule has 9 heteroatoms. The van der Waals surface area contributed by atoms with Crippen LogP contribution in [0.2, 0.25) is 0 Å². The highest BCUT2D eigenvalue weighted by Gasteiger charge is 2.37. The van der Waals surface area contributed by atoms with E-state index in [-0.39, 0.29) is 28.4 Å². The molecule has 1 aliphatic heterocycles. The van der Waals surface area contributed by atoms with Gasteiger partial charge in [-0.3, -0.25) is 14.9 Å². The fourth-order valence-corrected chi connectivity index (χ4v) is 6.15. The fourth-order valence-electron chi connectivity index (χ4n) is 5.16. The van der Waals surface area contributed by atoms with Crippen molar-refractivity contribution in [2.75, 3.05) is 25.0 Å². The lowest BCUT2D eigenvalue weighted by Gasteiger charge is -2.38. The number of carbonyl (C=O) groups excluding carboxylic acids is 1. The molecular formula is C25H32N3O5S+. The lowest BCUT2D eigenvalue weighted by molar-refractivity contribution is -0.884. The van der Waals surface area contributed by atoms with Gasteiger partial charge in [0.1, 0.15) is 4.88 Å². The number of anilines is 1. The lowest BCUT2D eigenvalue weighted by Crippen LogP contribution is -3.10. The largest absolute Gasteiger partial charge is 0.477 e. The van der Waals surface area contributed by atoms with E-state index in [1.165, 1.54) is 17.0 Å². The zero-order valence-corrected chi connectivity index (χ0v) is 20.5. The van der Waals surface area contributed by atoms with Gasteiger partial charge in [-0.05, 0) is 55.4 Å².